The van der Waals surface area contributed by atoms with Gasteiger partial charge < -0.3 is 14.7 Å². The van der Waals surface area contributed by atoms with E-state index in [-0.39, 0.29) is 5.91 Å². The van der Waals surface area contributed by atoms with Gasteiger partial charge in [0.05, 0.1) is 13.1 Å². The maximum absolute atomic E-state index is 12.2. The quantitative estimate of drug-likeness (QED) is 0.872. The van der Waals surface area contributed by atoms with E-state index in [0.29, 0.717) is 24.8 Å². The highest BCUT2D eigenvalue weighted by Crippen LogP contribution is 2.18. The van der Waals surface area contributed by atoms with Gasteiger partial charge in [-0.2, -0.15) is 16.3 Å². The molecule has 118 valence electrons. The molecule has 2 aromatic heterocycles. The topological polar surface area (TPSA) is 74.5 Å². The average molecular weight is 321 g/mol. The molecule has 22 heavy (non-hydrogen) atoms. The Morgan fingerprint density at radius 3 is 3.05 bits per heavy atom. The minimum absolute atomic E-state index is 0.140. The lowest BCUT2D eigenvalue weighted by Gasteiger charge is -2.28. The van der Waals surface area contributed by atoms with Crippen molar-refractivity contribution in [2.45, 2.75) is 6.54 Å². The minimum atomic E-state index is 0.140. The summed E-state index contributed by atoms with van der Waals surface area (Å²) < 4.78 is 5.25. The van der Waals surface area contributed by atoms with E-state index in [9.17, 15) is 4.79 Å². The summed E-state index contributed by atoms with van der Waals surface area (Å²) in [6.07, 6.45) is 0. The predicted molar refractivity (Wildman–Crippen MR) is 83.4 cm³/mol. The van der Waals surface area contributed by atoms with Gasteiger partial charge in [-0.1, -0.05) is 5.16 Å². The average Bonchev–Trinajstić information content (AvgIpc) is 3.19. The number of thiophene rings is 1. The van der Waals surface area contributed by atoms with Gasteiger partial charge in [0.2, 0.25) is 17.6 Å². The third-order valence-corrected chi connectivity index (χ3v) is 4.21. The first-order valence-corrected chi connectivity index (χ1v) is 8.19. The molecule has 1 N–H and O–H groups in total. The Labute approximate surface area is 132 Å². The van der Waals surface area contributed by atoms with E-state index in [1.54, 1.807) is 11.3 Å². The molecule has 3 rings (SSSR count). The molecule has 0 unspecified atom stereocenters. The number of hydrogen-bond acceptors (Lipinski definition) is 7. The summed E-state index contributed by atoms with van der Waals surface area (Å²) >= 11 is 1.59. The first-order chi connectivity index (χ1) is 10.7. The second kappa shape index (κ2) is 6.99. The monoisotopic (exact) mass is 321 g/mol. The molecule has 1 saturated heterocycles. The van der Waals surface area contributed by atoms with Crippen LogP contribution in [0, 0.1) is 0 Å². The van der Waals surface area contributed by atoms with Crippen LogP contribution in [0.3, 0.4) is 0 Å². The molecule has 1 aliphatic rings. The molecule has 0 atom stereocenters. The van der Waals surface area contributed by atoms with Crippen molar-refractivity contribution in [2.75, 3.05) is 39.8 Å². The van der Waals surface area contributed by atoms with Crippen LogP contribution in [-0.4, -0.2) is 65.6 Å². The lowest BCUT2D eigenvalue weighted by Crippen LogP contribution is -2.49. The molecule has 7 nitrogen and oxygen atoms in total. The molecule has 2 aromatic rings. The third-order valence-electron chi connectivity index (χ3n) is 3.53. The summed E-state index contributed by atoms with van der Waals surface area (Å²) in [4.78, 5) is 20.3. The third kappa shape index (κ3) is 3.70. The Balaban J connectivity index is 1.53. The van der Waals surface area contributed by atoms with Gasteiger partial charge in [0.25, 0.3) is 0 Å². The van der Waals surface area contributed by atoms with E-state index in [4.69, 9.17) is 4.52 Å². The molecule has 3 heterocycles. The van der Waals surface area contributed by atoms with Crippen molar-refractivity contribution < 1.29 is 9.32 Å². The van der Waals surface area contributed by atoms with Crippen molar-refractivity contribution in [3.63, 3.8) is 0 Å². The van der Waals surface area contributed by atoms with Crippen LogP contribution in [0.25, 0.3) is 11.4 Å². The number of likely N-dealkylation sites (N-methyl/N-ethyl adjacent to an activating group) is 1. The van der Waals surface area contributed by atoms with E-state index in [0.717, 1.165) is 31.7 Å². The number of piperazine rings is 1. The lowest BCUT2D eigenvalue weighted by atomic mass is 10.3. The Hall–Kier alpha value is -1.77. The summed E-state index contributed by atoms with van der Waals surface area (Å²) in [5, 5.41) is 11.2. The molecule has 0 bridgehead atoms. The van der Waals surface area contributed by atoms with Gasteiger partial charge in [-0.3, -0.25) is 9.69 Å². The summed E-state index contributed by atoms with van der Waals surface area (Å²) in [6.45, 7) is 4.10. The van der Waals surface area contributed by atoms with Crippen molar-refractivity contribution in [1.29, 1.82) is 0 Å². The van der Waals surface area contributed by atoms with Crippen LogP contribution in [0.15, 0.2) is 21.3 Å². The molecule has 0 aromatic carbocycles. The van der Waals surface area contributed by atoms with Crippen LogP contribution in [0.5, 0.6) is 0 Å². The lowest BCUT2D eigenvalue weighted by molar-refractivity contribution is -0.132. The summed E-state index contributed by atoms with van der Waals surface area (Å²) in [6, 6.07) is 1.96. The van der Waals surface area contributed by atoms with Crippen LogP contribution >= 0.6 is 11.3 Å². The number of carbonyl (C=O) groups is 1. The number of hydrogen-bond donors (Lipinski definition) is 1. The Morgan fingerprint density at radius 2 is 2.32 bits per heavy atom. The second-order valence-electron chi connectivity index (χ2n) is 5.33. The summed E-state index contributed by atoms with van der Waals surface area (Å²) in [5.74, 6) is 1.26. The zero-order valence-electron chi connectivity index (χ0n) is 12.5. The first-order valence-electron chi connectivity index (χ1n) is 7.24. The number of nitrogens with zero attached hydrogens (tertiary/aromatic N) is 4. The number of amides is 1. The Bertz CT molecular complexity index is 607. The fraction of sp³-hybridized carbons (Fsp3) is 0.500. The highest BCUT2D eigenvalue weighted by atomic mass is 32.1. The van der Waals surface area contributed by atoms with Crippen molar-refractivity contribution in [3.8, 4) is 11.4 Å². The van der Waals surface area contributed by atoms with Gasteiger partial charge >= 0.3 is 0 Å². The highest BCUT2D eigenvalue weighted by Gasteiger charge is 2.19. The highest BCUT2D eigenvalue weighted by molar-refractivity contribution is 7.08. The molecule has 0 saturated carbocycles. The van der Waals surface area contributed by atoms with Gasteiger partial charge in [-0.15, -0.1) is 0 Å². The van der Waals surface area contributed by atoms with Crippen LogP contribution in [0.1, 0.15) is 5.89 Å². The smallest absolute Gasteiger partial charge is 0.241 e. The molecule has 0 aliphatic carbocycles. The van der Waals surface area contributed by atoms with Gasteiger partial charge in [0.1, 0.15) is 0 Å². The largest absolute Gasteiger partial charge is 0.339 e. The molecular weight excluding hydrogens is 302 g/mol. The van der Waals surface area contributed by atoms with Gasteiger partial charge in [-0.05, 0) is 18.5 Å². The second-order valence-corrected chi connectivity index (χ2v) is 6.11. The first kappa shape index (κ1) is 15.1. The van der Waals surface area contributed by atoms with Gasteiger partial charge in [0, 0.05) is 37.1 Å². The maximum Gasteiger partial charge on any atom is 0.241 e. The molecule has 8 heteroatoms. The zero-order valence-corrected chi connectivity index (χ0v) is 13.3. The van der Waals surface area contributed by atoms with Gasteiger partial charge in [0.15, 0.2) is 0 Å². The molecular formula is C14H19N5O2S. The SMILES string of the molecule is CN(CC(=O)N1CCNCC1)Cc1nc(-c2ccsc2)no1. The van der Waals surface area contributed by atoms with Crippen molar-refractivity contribution in [1.82, 2.24) is 25.3 Å². The van der Waals surface area contributed by atoms with Crippen molar-refractivity contribution in [3.05, 3.63) is 22.7 Å². The Morgan fingerprint density at radius 1 is 1.50 bits per heavy atom. The van der Waals surface area contributed by atoms with E-state index in [2.05, 4.69) is 15.5 Å². The summed E-state index contributed by atoms with van der Waals surface area (Å²) in [5.41, 5.74) is 0.958. The minimum Gasteiger partial charge on any atom is -0.339 e. The number of nitrogens with one attached hydrogen (secondary N) is 1. The molecule has 0 spiro atoms. The van der Waals surface area contributed by atoms with Crippen molar-refractivity contribution in [2.24, 2.45) is 0 Å². The predicted octanol–water partition coefficient (Wildman–Crippen LogP) is 0.662. The van der Waals surface area contributed by atoms with Crippen LogP contribution in [0.2, 0.25) is 0 Å². The summed E-state index contributed by atoms with van der Waals surface area (Å²) in [7, 11) is 1.88. The zero-order chi connectivity index (χ0) is 15.4. The standard InChI is InChI=1S/C14H19N5O2S/c1-18(9-13(20)19-5-3-15-4-6-19)8-12-16-14(17-21-12)11-2-7-22-10-11/h2,7,10,15H,3-6,8-9H2,1H3. The van der Waals surface area contributed by atoms with Crippen molar-refractivity contribution >= 4 is 17.2 Å². The number of rotatable bonds is 5. The van der Waals surface area contributed by atoms with Crippen LogP contribution in [0.4, 0.5) is 0 Å². The van der Waals surface area contributed by atoms with E-state index < -0.39 is 0 Å². The normalized spacial score (nSPS) is 15.5. The van der Waals surface area contributed by atoms with E-state index >= 15 is 0 Å². The number of aromatic nitrogens is 2. The fourth-order valence-corrected chi connectivity index (χ4v) is 2.99. The number of carbonyl (C=O) groups excluding carboxylic acids is 1. The molecule has 1 aliphatic heterocycles. The molecule has 1 fully saturated rings. The van der Waals surface area contributed by atoms with E-state index in [1.165, 1.54) is 0 Å². The Kier molecular flexibility index (Phi) is 4.81. The maximum atomic E-state index is 12.2. The fourth-order valence-electron chi connectivity index (χ4n) is 2.36. The van der Waals surface area contributed by atoms with Gasteiger partial charge in [-0.25, -0.2) is 0 Å². The van der Waals surface area contributed by atoms with E-state index in [1.807, 2.05) is 33.7 Å². The molecule has 0 radical (unpaired) electrons. The molecule has 1 amide bonds. The van der Waals surface area contributed by atoms with Crippen LogP contribution in [-0.2, 0) is 11.3 Å². The van der Waals surface area contributed by atoms with Crippen LogP contribution < -0.4 is 5.32 Å².